The van der Waals surface area contributed by atoms with Gasteiger partial charge in [0.1, 0.15) is 5.60 Å². The van der Waals surface area contributed by atoms with Crippen molar-refractivity contribution in [2.24, 2.45) is 16.7 Å². The number of aliphatic hydroxyl groups excluding tert-OH is 1. The molecule has 0 radical (unpaired) electrons. The lowest BCUT2D eigenvalue weighted by molar-refractivity contribution is -0.132. The first-order valence-corrected chi connectivity index (χ1v) is 16.0. The number of nitrogens with zero attached hydrogens (tertiary/aromatic N) is 1. The predicted molar refractivity (Wildman–Crippen MR) is 168 cm³/mol. The van der Waals surface area contributed by atoms with Crippen molar-refractivity contribution in [3.8, 4) is 0 Å². The van der Waals surface area contributed by atoms with Crippen molar-refractivity contribution in [2.45, 2.75) is 89.3 Å². The Hall–Kier alpha value is -2.46. The summed E-state index contributed by atoms with van der Waals surface area (Å²) < 4.78 is 0. The lowest BCUT2D eigenvalue weighted by Gasteiger charge is -2.57. The average molecular weight is 552 g/mol. The summed E-state index contributed by atoms with van der Waals surface area (Å²) in [5.41, 5.74) is 3.49. The molecule has 6 fully saturated rings. The van der Waals surface area contributed by atoms with Crippen molar-refractivity contribution in [1.29, 1.82) is 0 Å². The third-order valence-corrected chi connectivity index (χ3v) is 11.3. The van der Waals surface area contributed by atoms with Crippen molar-refractivity contribution in [1.82, 2.24) is 4.90 Å². The SMILES string of the molecule is CC(C)(C)c1ccc(C(O)CCC23CCC(C(O)(c4ccccc4)c4ccccc4)(CC2)C2CCN(CC2)C3)cc1. The minimum absolute atomic E-state index is 0.115. The third-order valence-electron chi connectivity index (χ3n) is 11.3. The molecule has 1 aliphatic carbocycles. The highest BCUT2D eigenvalue weighted by molar-refractivity contribution is 5.40. The Morgan fingerprint density at radius 3 is 1.80 bits per heavy atom. The van der Waals surface area contributed by atoms with E-state index in [0.717, 1.165) is 87.7 Å². The van der Waals surface area contributed by atoms with Crippen molar-refractivity contribution in [3.63, 3.8) is 0 Å². The minimum Gasteiger partial charge on any atom is -0.388 e. The summed E-state index contributed by atoms with van der Waals surface area (Å²) in [6.07, 6.45) is 7.97. The molecule has 5 saturated heterocycles. The van der Waals surface area contributed by atoms with Gasteiger partial charge in [-0.05, 0) is 103 Å². The largest absolute Gasteiger partial charge is 0.388 e. The summed E-state index contributed by atoms with van der Waals surface area (Å²) in [5.74, 6) is 0.493. The van der Waals surface area contributed by atoms with Gasteiger partial charge >= 0.3 is 0 Å². The van der Waals surface area contributed by atoms with Crippen LogP contribution in [0.1, 0.15) is 100 Å². The zero-order chi connectivity index (χ0) is 28.7. The molecule has 5 heterocycles. The van der Waals surface area contributed by atoms with E-state index in [1.165, 1.54) is 5.56 Å². The standard InChI is InChI=1S/C38H49NO2/c1-35(2,3)30-16-14-29(15-17-30)34(40)18-21-36-22-24-37(25-23-36,31-19-26-39(28-36)27-20-31)38(41,32-10-6-4-7-11-32)33-12-8-5-9-13-33/h4-17,31,34,40-41H,18-28H2,1-3H3. The summed E-state index contributed by atoms with van der Waals surface area (Å²) >= 11 is 0. The Morgan fingerprint density at radius 2 is 1.29 bits per heavy atom. The van der Waals surface area contributed by atoms with Crippen molar-refractivity contribution >= 4 is 0 Å². The van der Waals surface area contributed by atoms with Gasteiger partial charge in [-0.1, -0.05) is 106 Å². The van der Waals surface area contributed by atoms with Crippen LogP contribution in [0.15, 0.2) is 84.9 Å². The molecule has 5 aliphatic heterocycles. The molecule has 3 heteroatoms. The Bertz CT molecular complexity index is 1240. The van der Waals surface area contributed by atoms with Crippen LogP contribution in [0.3, 0.4) is 0 Å². The molecule has 3 aromatic rings. The molecule has 1 unspecified atom stereocenters. The molecule has 0 spiro atoms. The molecule has 1 atom stereocenters. The number of rotatable bonds is 7. The predicted octanol–water partition coefficient (Wildman–Crippen LogP) is 8.01. The molecule has 0 amide bonds. The zero-order valence-electron chi connectivity index (χ0n) is 25.4. The van der Waals surface area contributed by atoms with Crippen LogP contribution in [0.5, 0.6) is 0 Å². The van der Waals surface area contributed by atoms with Gasteiger partial charge in [0.2, 0.25) is 0 Å². The number of benzene rings is 3. The fourth-order valence-electron chi connectivity index (χ4n) is 8.81. The smallest absolute Gasteiger partial charge is 0.120 e. The molecular weight excluding hydrogens is 502 g/mol. The average Bonchev–Trinajstić information content (AvgIpc) is 3.18. The van der Waals surface area contributed by atoms with Gasteiger partial charge in [0.25, 0.3) is 0 Å². The molecule has 4 bridgehead atoms. The normalized spacial score (nSPS) is 29.0. The molecule has 218 valence electrons. The molecule has 2 N–H and O–H groups in total. The second kappa shape index (κ2) is 11.0. The van der Waals surface area contributed by atoms with Crippen molar-refractivity contribution in [3.05, 3.63) is 107 Å². The summed E-state index contributed by atoms with van der Waals surface area (Å²) in [5, 5.41) is 24.5. The van der Waals surface area contributed by atoms with Gasteiger partial charge in [0.05, 0.1) is 6.10 Å². The van der Waals surface area contributed by atoms with Gasteiger partial charge in [-0.2, -0.15) is 0 Å². The molecule has 6 aliphatic rings. The number of hydrogen-bond donors (Lipinski definition) is 2. The van der Waals surface area contributed by atoms with Crippen LogP contribution in [0, 0.1) is 16.7 Å². The van der Waals surface area contributed by atoms with Gasteiger partial charge in [-0.3, -0.25) is 0 Å². The molecular formula is C38H49NO2. The quantitative estimate of drug-likeness (QED) is 0.313. The van der Waals surface area contributed by atoms with E-state index >= 15 is 0 Å². The zero-order valence-corrected chi connectivity index (χ0v) is 25.4. The van der Waals surface area contributed by atoms with E-state index < -0.39 is 11.7 Å². The minimum atomic E-state index is -1.02. The highest BCUT2D eigenvalue weighted by Crippen LogP contribution is 2.64. The molecule has 1 saturated carbocycles. The van der Waals surface area contributed by atoms with Crippen LogP contribution in [0.25, 0.3) is 0 Å². The Balaban J connectivity index is 1.30. The second-order valence-electron chi connectivity index (χ2n) is 14.6. The molecule has 9 rings (SSSR count). The van der Waals surface area contributed by atoms with Gasteiger partial charge < -0.3 is 15.1 Å². The summed E-state index contributed by atoms with van der Waals surface area (Å²) in [4.78, 5) is 2.70. The lowest BCUT2D eigenvalue weighted by atomic mass is 9.49. The maximum Gasteiger partial charge on any atom is 0.120 e. The van der Waals surface area contributed by atoms with Gasteiger partial charge in [-0.25, -0.2) is 0 Å². The van der Waals surface area contributed by atoms with Crippen LogP contribution in [0.2, 0.25) is 0 Å². The van der Waals surface area contributed by atoms with E-state index in [4.69, 9.17) is 0 Å². The summed E-state index contributed by atoms with van der Waals surface area (Å²) in [6, 6.07) is 29.7. The van der Waals surface area contributed by atoms with E-state index in [2.05, 4.69) is 111 Å². The first-order valence-electron chi connectivity index (χ1n) is 16.0. The number of hydrogen-bond acceptors (Lipinski definition) is 3. The van der Waals surface area contributed by atoms with Crippen molar-refractivity contribution in [2.75, 3.05) is 19.6 Å². The maximum absolute atomic E-state index is 13.2. The Morgan fingerprint density at radius 1 is 0.756 bits per heavy atom. The third kappa shape index (κ3) is 5.19. The fourth-order valence-corrected chi connectivity index (χ4v) is 8.81. The topological polar surface area (TPSA) is 43.7 Å². The van der Waals surface area contributed by atoms with Crippen LogP contribution in [-0.2, 0) is 11.0 Å². The molecule has 0 aromatic heterocycles. The van der Waals surface area contributed by atoms with E-state index in [1.807, 2.05) is 0 Å². The fraction of sp³-hybridized carbons (Fsp3) is 0.526. The number of aliphatic hydroxyl groups is 2. The highest BCUT2D eigenvalue weighted by Gasteiger charge is 2.60. The van der Waals surface area contributed by atoms with E-state index in [9.17, 15) is 10.2 Å². The van der Waals surface area contributed by atoms with Crippen LogP contribution >= 0.6 is 0 Å². The van der Waals surface area contributed by atoms with E-state index in [1.54, 1.807) is 0 Å². The van der Waals surface area contributed by atoms with Gasteiger partial charge in [0.15, 0.2) is 0 Å². The van der Waals surface area contributed by atoms with Crippen LogP contribution in [0.4, 0.5) is 0 Å². The first kappa shape index (κ1) is 28.6. The van der Waals surface area contributed by atoms with Gasteiger partial charge in [0, 0.05) is 12.0 Å². The molecule has 3 aromatic carbocycles. The van der Waals surface area contributed by atoms with E-state index in [-0.39, 0.29) is 16.2 Å². The van der Waals surface area contributed by atoms with Crippen LogP contribution < -0.4 is 0 Å². The first-order chi connectivity index (χ1) is 19.7. The Labute approximate surface area is 247 Å². The summed E-state index contributed by atoms with van der Waals surface area (Å²) in [6.45, 7) is 10.1. The molecule has 3 nitrogen and oxygen atoms in total. The van der Waals surface area contributed by atoms with Crippen molar-refractivity contribution < 1.29 is 10.2 Å². The Kier molecular flexibility index (Phi) is 7.68. The lowest BCUT2D eigenvalue weighted by Crippen LogP contribution is -2.54. The monoisotopic (exact) mass is 551 g/mol. The maximum atomic E-state index is 13.2. The second-order valence-corrected chi connectivity index (χ2v) is 14.6. The highest BCUT2D eigenvalue weighted by atomic mass is 16.3. The number of piperidine rings is 1. The molecule has 41 heavy (non-hydrogen) atoms. The van der Waals surface area contributed by atoms with E-state index in [0.29, 0.717) is 5.92 Å². The van der Waals surface area contributed by atoms with Crippen LogP contribution in [-0.4, -0.2) is 34.7 Å². The van der Waals surface area contributed by atoms with Gasteiger partial charge in [-0.15, -0.1) is 0 Å². The summed E-state index contributed by atoms with van der Waals surface area (Å²) in [7, 11) is 0.